The third kappa shape index (κ3) is 41.4. The molecule has 0 saturated heterocycles. The first-order chi connectivity index (χ1) is 27.4. The van der Waals surface area contributed by atoms with E-state index >= 15 is 0 Å². The SMILES string of the molecule is CCCCCCCCCCCCCCC/C=C/[C@@H](O)[C@H](COP(=O)(O)OCCN)NC(=O)CCCCCCCCCCCCCCCCCCCCCCCC. The summed E-state index contributed by atoms with van der Waals surface area (Å²) in [6, 6.07) is -0.855. The molecule has 9 heteroatoms. The van der Waals surface area contributed by atoms with Gasteiger partial charge in [-0.3, -0.25) is 13.8 Å². The predicted molar refractivity (Wildman–Crippen MR) is 240 cm³/mol. The van der Waals surface area contributed by atoms with Gasteiger partial charge in [0.25, 0.3) is 0 Å². The molecule has 0 aromatic rings. The van der Waals surface area contributed by atoms with Crippen LogP contribution in [0.15, 0.2) is 12.2 Å². The second kappa shape index (κ2) is 43.8. The van der Waals surface area contributed by atoms with Crippen molar-refractivity contribution < 1.29 is 28.4 Å². The Morgan fingerprint density at radius 3 is 1.27 bits per heavy atom. The first-order valence-corrected chi connectivity index (χ1v) is 25.8. The Kier molecular flexibility index (Phi) is 43.2. The first-order valence-electron chi connectivity index (χ1n) is 24.3. The Bertz CT molecular complexity index is 891. The first kappa shape index (κ1) is 55.2. The maximum Gasteiger partial charge on any atom is 0.472 e. The fourth-order valence-electron chi connectivity index (χ4n) is 7.43. The van der Waals surface area contributed by atoms with Gasteiger partial charge in [0.05, 0.1) is 25.4 Å². The zero-order chi connectivity index (χ0) is 41.1. The molecule has 0 bridgehead atoms. The molecule has 0 aliphatic carbocycles. The highest BCUT2D eigenvalue weighted by molar-refractivity contribution is 7.47. The zero-order valence-corrected chi connectivity index (χ0v) is 38.0. The van der Waals surface area contributed by atoms with Crippen molar-refractivity contribution >= 4 is 13.7 Å². The van der Waals surface area contributed by atoms with Gasteiger partial charge in [0.1, 0.15) is 0 Å². The van der Waals surface area contributed by atoms with Crippen molar-refractivity contribution in [2.24, 2.45) is 5.73 Å². The van der Waals surface area contributed by atoms with Gasteiger partial charge in [0.2, 0.25) is 5.91 Å². The van der Waals surface area contributed by atoms with Crippen LogP contribution in [0.4, 0.5) is 0 Å². The number of amides is 1. The standard InChI is InChI=1S/C47H95N2O6P/c1-3-5-7-9-11-13-15-17-19-20-21-22-23-24-25-27-29-31-33-35-37-39-41-47(51)49-45(44-55-56(52,53)54-43-42-48)46(50)40-38-36-34-32-30-28-26-18-16-14-12-10-8-6-4-2/h38,40,45-46,50H,3-37,39,41-44,48H2,1-2H3,(H,49,51)(H,52,53)/b40-38+/t45-,46+/m0/s1. The number of phosphoric ester groups is 1. The molecule has 0 spiro atoms. The van der Waals surface area contributed by atoms with E-state index < -0.39 is 20.0 Å². The molecule has 3 atom stereocenters. The Labute approximate surface area is 347 Å². The number of phosphoric acid groups is 1. The minimum absolute atomic E-state index is 0.0815. The summed E-state index contributed by atoms with van der Waals surface area (Å²) < 4.78 is 22.2. The zero-order valence-electron chi connectivity index (χ0n) is 37.1. The monoisotopic (exact) mass is 815 g/mol. The van der Waals surface area contributed by atoms with Gasteiger partial charge < -0.3 is 21.1 Å². The number of hydrogen-bond donors (Lipinski definition) is 4. The molecule has 0 aliphatic rings. The minimum atomic E-state index is -4.34. The largest absolute Gasteiger partial charge is 0.472 e. The van der Waals surface area contributed by atoms with Gasteiger partial charge in [-0.1, -0.05) is 238 Å². The number of carbonyl (C=O) groups excluding carboxylic acids is 1. The lowest BCUT2D eigenvalue weighted by Crippen LogP contribution is -2.45. The van der Waals surface area contributed by atoms with Crippen molar-refractivity contribution in [3.05, 3.63) is 12.2 Å². The Balaban J connectivity index is 4.06. The summed E-state index contributed by atoms with van der Waals surface area (Å²) in [7, 11) is -4.34. The van der Waals surface area contributed by atoms with Gasteiger partial charge in [-0.2, -0.15) is 0 Å². The van der Waals surface area contributed by atoms with Crippen molar-refractivity contribution in [2.45, 2.75) is 264 Å². The van der Waals surface area contributed by atoms with Crippen LogP contribution >= 0.6 is 7.82 Å². The maximum absolute atomic E-state index is 12.8. The number of unbranched alkanes of at least 4 members (excludes halogenated alkanes) is 34. The van der Waals surface area contributed by atoms with E-state index in [9.17, 15) is 19.4 Å². The number of aliphatic hydroxyl groups is 1. The number of rotatable bonds is 46. The molecule has 0 rings (SSSR count). The van der Waals surface area contributed by atoms with Crippen molar-refractivity contribution in [3.8, 4) is 0 Å². The van der Waals surface area contributed by atoms with E-state index in [1.165, 1.54) is 193 Å². The fraction of sp³-hybridized carbons (Fsp3) is 0.936. The lowest BCUT2D eigenvalue weighted by Gasteiger charge is -2.23. The van der Waals surface area contributed by atoms with Gasteiger partial charge in [-0.05, 0) is 19.3 Å². The van der Waals surface area contributed by atoms with Crippen LogP contribution in [-0.4, -0.2) is 47.8 Å². The quantitative estimate of drug-likeness (QED) is 0.0273. The summed E-state index contributed by atoms with van der Waals surface area (Å²) in [5, 5.41) is 13.7. The van der Waals surface area contributed by atoms with E-state index in [0.29, 0.717) is 6.42 Å². The predicted octanol–water partition coefficient (Wildman–Crippen LogP) is 14.0. The molecular weight excluding hydrogens is 719 g/mol. The summed E-state index contributed by atoms with van der Waals surface area (Å²) in [4.78, 5) is 22.8. The van der Waals surface area contributed by atoms with E-state index in [-0.39, 0.29) is 25.7 Å². The number of hydrogen-bond acceptors (Lipinski definition) is 6. The highest BCUT2D eigenvalue weighted by Crippen LogP contribution is 2.43. The Hall–Kier alpha value is -0.760. The van der Waals surface area contributed by atoms with Crippen LogP contribution in [0.5, 0.6) is 0 Å². The van der Waals surface area contributed by atoms with Crippen LogP contribution in [0, 0.1) is 0 Å². The Morgan fingerprint density at radius 2 is 0.911 bits per heavy atom. The smallest absolute Gasteiger partial charge is 0.387 e. The molecule has 8 nitrogen and oxygen atoms in total. The van der Waals surface area contributed by atoms with Gasteiger partial charge in [0.15, 0.2) is 0 Å². The molecule has 1 amide bonds. The second-order valence-electron chi connectivity index (χ2n) is 16.7. The third-order valence-corrected chi connectivity index (χ3v) is 12.1. The van der Waals surface area contributed by atoms with Crippen molar-refractivity contribution in [3.63, 3.8) is 0 Å². The fourth-order valence-corrected chi connectivity index (χ4v) is 8.19. The van der Waals surface area contributed by atoms with Gasteiger partial charge in [0, 0.05) is 13.0 Å². The summed E-state index contributed by atoms with van der Waals surface area (Å²) in [6.45, 7) is 4.17. The van der Waals surface area contributed by atoms with E-state index in [1.807, 2.05) is 6.08 Å². The molecule has 334 valence electrons. The third-order valence-electron chi connectivity index (χ3n) is 11.1. The molecule has 56 heavy (non-hydrogen) atoms. The Morgan fingerprint density at radius 1 is 0.571 bits per heavy atom. The van der Waals surface area contributed by atoms with Crippen LogP contribution in [0.1, 0.15) is 251 Å². The van der Waals surface area contributed by atoms with Crippen LogP contribution < -0.4 is 11.1 Å². The van der Waals surface area contributed by atoms with Gasteiger partial charge in [-0.25, -0.2) is 4.57 Å². The lowest BCUT2D eigenvalue weighted by atomic mass is 10.0. The van der Waals surface area contributed by atoms with Crippen molar-refractivity contribution in [2.75, 3.05) is 19.8 Å². The number of allylic oxidation sites excluding steroid dienone is 1. The highest BCUT2D eigenvalue weighted by atomic mass is 31.2. The molecule has 0 aromatic carbocycles. The summed E-state index contributed by atoms with van der Waals surface area (Å²) in [6.07, 6.45) is 49.8. The summed E-state index contributed by atoms with van der Waals surface area (Å²) >= 11 is 0. The van der Waals surface area contributed by atoms with E-state index in [4.69, 9.17) is 14.8 Å². The second-order valence-corrected chi connectivity index (χ2v) is 18.1. The van der Waals surface area contributed by atoms with Crippen LogP contribution in [0.25, 0.3) is 0 Å². The van der Waals surface area contributed by atoms with E-state index in [0.717, 1.165) is 38.5 Å². The molecule has 0 aromatic heterocycles. The molecule has 0 radical (unpaired) electrons. The van der Waals surface area contributed by atoms with E-state index in [2.05, 4.69) is 19.2 Å². The summed E-state index contributed by atoms with van der Waals surface area (Å²) in [5.74, 6) is -0.189. The molecule has 0 fully saturated rings. The molecule has 0 saturated carbocycles. The molecule has 1 unspecified atom stereocenters. The van der Waals surface area contributed by atoms with Crippen molar-refractivity contribution in [1.29, 1.82) is 0 Å². The van der Waals surface area contributed by atoms with E-state index in [1.54, 1.807) is 6.08 Å². The normalized spacial score (nSPS) is 14.0. The number of aliphatic hydroxyl groups excluding tert-OH is 1. The molecule has 5 N–H and O–H groups in total. The topological polar surface area (TPSA) is 131 Å². The molecular formula is C47H95N2O6P. The lowest BCUT2D eigenvalue weighted by molar-refractivity contribution is -0.123. The van der Waals surface area contributed by atoms with Crippen molar-refractivity contribution in [1.82, 2.24) is 5.32 Å². The average Bonchev–Trinajstić information content (AvgIpc) is 3.19. The van der Waals surface area contributed by atoms with Gasteiger partial charge >= 0.3 is 7.82 Å². The molecule has 0 heterocycles. The number of carbonyl (C=O) groups is 1. The van der Waals surface area contributed by atoms with Gasteiger partial charge in [-0.15, -0.1) is 0 Å². The number of nitrogens with one attached hydrogen (secondary N) is 1. The van der Waals surface area contributed by atoms with Crippen LogP contribution in [0.2, 0.25) is 0 Å². The van der Waals surface area contributed by atoms with Crippen LogP contribution in [0.3, 0.4) is 0 Å². The average molecular weight is 815 g/mol. The number of nitrogens with two attached hydrogens (primary N) is 1. The highest BCUT2D eigenvalue weighted by Gasteiger charge is 2.26. The minimum Gasteiger partial charge on any atom is -0.387 e. The maximum atomic E-state index is 12.8. The van der Waals surface area contributed by atoms with Crippen LogP contribution in [-0.2, 0) is 18.4 Å². The molecule has 0 aliphatic heterocycles. The summed E-state index contributed by atoms with van der Waals surface area (Å²) in [5.41, 5.74) is 5.38.